The van der Waals surface area contributed by atoms with Crippen molar-refractivity contribution in [3.8, 4) is 0 Å². The molecule has 0 radical (unpaired) electrons. The van der Waals surface area contributed by atoms with Gasteiger partial charge in [0.1, 0.15) is 12.4 Å². The number of hydrogen-bond acceptors (Lipinski definition) is 6. The average molecular weight is 600 g/mol. The Morgan fingerprint density at radius 3 is 2.64 bits per heavy atom. The van der Waals surface area contributed by atoms with E-state index in [1.54, 1.807) is 6.26 Å². The lowest BCUT2D eigenvalue weighted by molar-refractivity contribution is 0.00970. The molecule has 6 nitrogen and oxygen atoms in total. The van der Waals surface area contributed by atoms with Gasteiger partial charge >= 0.3 is 5.97 Å². The van der Waals surface area contributed by atoms with Crippen LogP contribution in [0.5, 0.6) is 0 Å². The molecule has 4 fully saturated rings. The van der Waals surface area contributed by atoms with E-state index in [1.807, 2.05) is 37.3 Å². The van der Waals surface area contributed by atoms with Crippen LogP contribution < -0.4 is 0 Å². The molecule has 4 aliphatic carbocycles. The molecule has 1 aromatic carbocycles. The van der Waals surface area contributed by atoms with E-state index >= 15 is 0 Å². The molecule has 0 bridgehead atoms. The molecule has 2 aromatic rings. The standard InChI is InChI=1S/C38H49NO5/c1-24(12-17-34(44-35(42)28-9-6-5-7-10-28)38(19-20-38)36-39-25(2)23-43-36)31-15-16-32-27(11-8-18-37(31,32)4)13-14-29-21-30(40)22-33(41)26(29)3/h5-7,9-10,13-14,23-24,30-34,40-41H,3,8,11-12,15-22H2,1-2,4H3/b27-13+,29-14-/t24-,30-,31-,32+,33+,34+,37-/m1/s1. The molecule has 1 aromatic heterocycles. The first-order chi connectivity index (χ1) is 21.1. The van der Waals surface area contributed by atoms with Gasteiger partial charge in [-0.05, 0) is 118 Å². The number of oxazole rings is 1. The first kappa shape index (κ1) is 31.0. The lowest BCUT2D eigenvalue weighted by atomic mass is 9.60. The predicted molar refractivity (Wildman–Crippen MR) is 171 cm³/mol. The second kappa shape index (κ2) is 12.4. The molecule has 1 heterocycles. The van der Waals surface area contributed by atoms with Crippen LogP contribution in [0.4, 0.5) is 0 Å². The summed E-state index contributed by atoms with van der Waals surface area (Å²) in [5.74, 6) is 2.07. The van der Waals surface area contributed by atoms with E-state index in [2.05, 4.69) is 37.6 Å². The molecule has 0 saturated heterocycles. The molecule has 236 valence electrons. The minimum atomic E-state index is -0.658. The molecular weight excluding hydrogens is 550 g/mol. The molecule has 44 heavy (non-hydrogen) atoms. The summed E-state index contributed by atoms with van der Waals surface area (Å²) in [6.07, 6.45) is 15.1. The summed E-state index contributed by atoms with van der Waals surface area (Å²) in [6.45, 7) is 10.9. The number of aliphatic hydroxyl groups is 2. The summed E-state index contributed by atoms with van der Waals surface area (Å²) < 4.78 is 12.2. The van der Waals surface area contributed by atoms with Gasteiger partial charge in [0.2, 0.25) is 5.89 Å². The maximum Gasteiger partial charge on any atom is 0.338 e. The summed E-state index contributed by atoms with van der Waals surface area (Å²) >= 11 is 0. The highest BCUT2D eigenvalue weighted by molar-refractivity contribution is 5.89. The number of rotatable bonds is 9. The minimum absolute atomic E-state index is 0.234. The number of benzene rings is 1. The van der Waals surface area contributed by atoms with Gasteiger partial charge in [0.05, 0.1) is 28.9 Å². The lowest BCUT2D eigenvalue weighted by Gasteiger charge is -2.44. The maximum atomic E-state index is 13.3. The van der Waals surface area contributed by atoms with Crippen LogP contribution in [0.1, 0.15) is 106 Å². The van der Waals surface area contributed by atoms with E-state index in [9.17, 15) is 15.0 Å². The van der Waals surface area contributed by atoms with Gasteiger partial charge in [-0.25, -0.2) is 9.78 Å². The molecule has 0 spiro atoms. The van der Waals surface area contributed by atoms with Gasteiger partial charge in [0, 0.05) is 6.42 Å². The second-order valence-electron chi connectivity index (χ2n) is 14.4. The molecule has 4 saturated carbocycles. The highest BCUT2D eigenvalue weighted by Crippen LogP contribution is 2.60. The largest absolute Gasteiger partial charge is 0.458 e. The van der Waals surface area contributed by atoms with Gasteiger partial charge in [0.15, 0.2) is 0 Å². The Morgan fingerprint density at radius 1 is 1.16 bits per heavy atom. The maximum absolute atomic E-state index is 13.3. The van der Waals surface area contributed by atoms with E-state index < -0.39 is 12.2 Å². The van der Waals surface area contributed by atoms with Crippen LogP contribution in [0.2, 0.25) is 0 Å². The average Bonchev–Trinajstić information content (AvgIpc) is 3.56. The van der Waals surface area contributed by atoms with Crippen LogP contribution in [0.3, 0.4) is 0 Å². The van der Waals surface area contributed by atoms with Gasteiger partial charge < -0.3 is 19.4 Å². The highest BCUT2D eigenvalue weighted by Gasteiger charge is 2.57. The van der Waals surface area contributed by atoms with Crippen LogP contribution in [-0.2, 0) is 10.2 Å². The van der Waals surface area contributed by atoms with Gasteiger partial charge in [-0.3, -0.25) is 0 Å². The SMILES string of the molecule is C=C1/C(=C\C=C2/CCC[C@]3(C)[C@@H]([C@H](C)CC[C@H](OC(=O)c4ccccc4)C4(c5nc(C)co5)CC4)CC[C@@H]23)C[C@@H](O)C[C@@H]1O. The lowest BCUT2D eigenvalue weighted by Crippen LogP contribution is -2.37. The number of esters is 1. The highest BCUT2D eigenvalue weighted by atomic mass is 16.5. The molecule has 0 amide bonds. The number of aryl methyl sites for hydroxylation is 1. The third-order valence-electron chi connectivity index (χ3n) is 11.6. The van der Waals surface area contributed by atoms with E-state index in [4.69, 9.17) is 9.15 Å². The Labute approximate surface area is 262 Å². The molecule has 6 rings (SSSR count). The Balaban J connectivity index is 1.17. The van der Waals surface area contributed by atoms with Crippen LogP contribution in [0.15, 0.2) is 76.5 Å². The fourth-order valence-electron chi connectivity index (χ4n) is 8.91. The summed E-state index contributed by atoms with van der Waals surface area (Å²) in [5.41, 5.74) is 4.57. The summed E-state index contributed by atoms with van der Waals surface area (Å²) in [4.78, 5) is 17.9. The predicted octanol–water partition coefficient (Wildman–Crippen LogP) is 7.80. The smallest absolute Gasteiger partial charge is 0.338 e. The minimum Gasteiger partial charge on any atom is -0.458 e. The van der Waals surface area contributed by atoms with Gasteiger partial charge in [-0.1, -0.05) is 56.4 Å². The Morgan fingerprint density at radius 2 is 1.93 bits per heavy atom. The third-order valence-corrected chi connectivity index (χ3v) is 11.6. The fraction of sp³-hybridized carbons (Fsp3) is 0.579. The van der Waals surface area contributed by atoms with Crippen LogP contribution in [-0.4, -0.2) is 39.5 Å². The van der Waals surface area contributed by atoms with Crippen molar-refractivity contribution in [1.82, 2.24) is 4.98 Å². The molecule has 7 atom stereocenters. The van der Waals surface area contributed by atoms with Crippen molar-refractivity contribution in [2.24, 2.45) is 23.2 Å². The van der Waals surface area contributed by atoms with Crippen LogP contribution in [0, 0.1) is 30.1 Å². The Bertz CT molecular complexity index is 1420. The second-order valence-corrected chi connectivity index (χ2v) is 14.4. The number of nitrogens with zero attached hydrogens (tertiary/aromatic N) is 1. The number of ether oxygens (including phenoxy) is 1. The van der Waals surface area contributed by atoms with Crippen molar-refractivity contribution in [2.75, 3.05) is 0 Å². The number of carbonyl (C=O) groups excluding carboxylic acids is 1. The summed E-state index contributed by atoms with van der Waals surface area (Å²) in [7, 11) is 0. The number of carbonyl (C=O) groups is 1. The van der Waals surface area contributed by atoms with Crippen molar-refractivity contribution in [3.05, 3.63) is 89.2 Å². The molecule has 0 unspecified atom stereocenters. The summed E-state index contributed by atoms with van der Waals surface area (Å²) in [5, 5.41) is 20.5. The monoisotopic (exact) mass is 599 g/mol. The number of aliphatic hydroxyl groups excluding tert-OH is 2. The van der Waals surface area contributed by atoms with Gasteiger partial charge in [0.25, 0.3) is 0 Å². The zero-order valence-electron chi connectivity index (χ0n) is 26.6. The van der Waals surface area contributed by atoms with E-state index in [-0.39, 0.29) is 22.9 Å². The van der Waals surface area contributed by atoms with Crippen LogP contribution in [0.25, 0.3) is 0 Å². The van der Waals surface area contributed by atoms with E-state index in [1.165, 1.54) is 31.3 Å². The van der Waals surface area contributed by atoms with E-state index in [0.717, 1.165) is 48.9 Å². The van der Waals surface area contributed by atoms with Crippen molar-refractivity contribution >= 4 is 5.97 Å². The van der Waals surface area contributed by atoms with Crippen LogP contribution >= 0.6 is 0 Å². The van der Waals surface area contributed by atoms with E-state index in [0.29, 0.717) is 42.0 Å². The van der Waals surface area contributed by atoms with Gasteiger partial charge in [-0.15, -0.1) is 0 Å². The summed E-state index contributed by atoms with van der Waals surface area (Å²) in [6, 6.07) is 9.28. The third kappa shape index (κ3) is 6.00. The normalized spacial score (nSPS) is 32.8. The molecular formula is C38H49NO5. The fourth-order valence-corrected chi connectivity index (χ4v) is 8.91. The number of allylic oxidation sites excluding steroid dienone is 3. The first-order valence-electron chi connectivity index (χ1n) is 16.7. The Kier molecular flexibility index (Phi) is 8.78. The zero-order valence-corrected chi connectivity index (χ0v) is 26.6. The molecule has 4 aliphatic rings. The molecule has 0 aliphatic heterocycles. The molecule has 2 N–H and O–H groups in total. The number of aromatic nitrogens is 1. The molecule has 6 heteroatoms. The van der Waals surface area contributed by atoms with Crippen molar-refractivity contribution in [3.63, 3.8) is 0 Å². The first-order valence-corrected chi connectivity index (χ1v) is 16.7. The zero-order chi connectivity index (χ0) is 31.1. The quantitative estimate of drug-likeness (QED) is 0.286. The van der Waals surface area contributed by atoms with Crippen molar-refractivity contribution in [1.29, 1.82) is 0 Å². The van der Waals surface area contributed by atoms with Gasteiger partial charge in [-0.2, -0.15) is 0 Å². The van der Waals surface area contributed by atoms with Crippen molar-refractivity contribution in [2.45, 2.75) is 115 Å². The Hall–Kier alpha value is -2.96. The number of fused-ring (bicyclic) bond motifs is 1. The number of hydrogen-bond donors (Lipinski definition) is 2. The van der Waals surface area contributed by atoms with Crippen molar-refractivity contribution < 1.29 is 24.2 Å². The topological polar surface area (TPSA) is 92.8 Å².